The van der Waals surface area contributed by atoms with Crippen LogP contribution in [0.25, 0.3) is 0 Å². The average molecular weight is 185 g/mol. The molecule has 0 spiro atoms. The maximum atomic E-state index is 5.75. The molecule has 2 nitrogen and oxygen atoms in total. The molecule has 0 amide bonds. The van der Waals surface area contributed by atoms with E-state index in [1.54, 1.807) is 0 Å². The van der Waals surface area contributed by atoms with Crippen LogP contribution in [0.1, 0.15) is 40.0 Å². The van der Waals surface area contributed by atoms with E-state index in [0.717, 1.165) is 13.0 Å². The quantitative estimate of drug-likeness (QED) is 0.712. The van der Waals surface area contributed by atoms with Gasteiger partial charge in [0, 0.05) is 12.6 Å². The van der Waals surface area contributed by atoms with Crippen LogP contribution in [0.4, 0.5) is 0 Å². The van der Waals surface area contributed by atoms with E-state index < -0.39 is 0 Å². The second-order valence-corrected chi connectivity index (χ2v) is 5.27. The van der Waals surface area contributed by atoms with Gasteiger partial charge in [-0.15, -0.1) is 0 Å². The number of nitrogens with one attached hydrogen (secondary N) is 1. The molecule has 1 saturated heterocycles. The molecule has 1 heterocycles. The zero-order chi connectivity index (χ0) is 9.90. The first-order valence-corrected chi connectivity index (χ1v) is 5.30. The summed E-state index contributed by atoms with van der Waals surface area (Å²) in [6.07, 6.45) is 3.97. The molecule has 0 aromatic heterocycles. The average Bonchev–Trinajstić information content (AvgIpc) is 2.01. The van der Waals surface area contributed by atoms with E-state index >= 15 is 0 Å². The Labute approximate surface area is 82.0 Å². The van der Waals surface area contributed by atoms with Crippen LogP contribution in [0.15, 0.2) is 0 Å². The fourth-order valence-electron chi connectivity index (χ4n) is 1.97. The van der Waals surface area contributed by atoms with Crippen molar-refractivity contribution in [3.8, 4) is 0 Å². The fourth-order valence-corrected chi connectivity index (χ4v) is 1.97. The Balaban J connectivity index is 2.34. The van der Waals surface area contributed by atoms with Gasteiger partial charge in [-0.2, -0.15) is 0 Å². The summed E-state index contributed by atoms with van der Waals surface area (Å²) in [5.74, 6) is 0. The Morgan fingerprint density at radius 1 is 1.38 bits per heavy atom. The molecule has 0 radical (unpaired) electrons. The molecule has 78 valence electrons. The second-order valence-electron chi connectivity index (χ2n) is 5.27. The summed E-state index contributed by atoms with van der Waals surface area (Å²) in [7, 11) is 2.05. The van der Waals surface area contributed by atoms with Gasteiger partial charge < -0.3 is 10.1 Å². The molecule has 0 aliphatic carbocycles. The van der Waals surface area contributed by atoms with E-state index in [2.05, 4.69) is 26.1 Å². The summed E-state index contributed by atoms with van der Waals surface area (Å²) < 4.78 is 5.75. The molecule has 2 heteroatoms. The van der Waals surface area contributed by atoms with E-state index in [9.17, 15) is 0 Å². The first-order valence-electron chi connectivity index (χ1n) is 5.30. The molecule has 0 saturated carbocycles. The van der Waals surface area contributed by atoms with Crippen molar-refractivity contribution in [2.75, 3.05) is 13.7 Å². The minimum absolute atomic E-state index is 0.389. The monoisotopic (exact) mass is 185 g/mol. The Morgan fingerprint density at radius 3 is 2.62 bits per heavy atom. The third kappa shape index (κ3) is 4.10. The van der Waals surface area contributed by atoms with Crippen molar-refractivity contribution >= 4 is 0 Å². The molecule has 1 rings (SSSR count). The highest BCUT2D eigenvalue weighted by Crippen LogP contribution is 2.27. The topological polar surface area (TPSA) is 21.3 Å². The molecule has 1 N–H and O–H groups in total. The van der Waals surface area contributed by atoms with Crippen LogP contribution in [0, 0.1) is 5.41 Å². The van der Waals surface area contributed by atoms with Crippen LogP contribution in [0.5, 0.6) is 0 Å². The third-order valence-corrected chi connectivity index (χ3v) is 2.62. The van der Waals surface area contributed by atoms with Gasteiger partial charge in [-0.1, -0.05) is 20.8 Å². The first kappa shape index (κ1) is 11.0. The van der Waals surface area contributed by atoms with E-state index in [1.807, 2.05) is 7.05 Å². The van der Waals surface area contributed by atoms with Crippen molar-refractivity contribution < 1.29 is 4.74 Å². The molecular weight excluding hydrogens is 162 g/mol. The summed E-state index contributed by atoms with van der Waals surface area (Å²) in [5, 5.41) is 3.34. The largest absolute Gasteiger partial charge is 0.378 e. The molecule has 1 aliphatic rings. The lowest BCUT2D eigenvalue weighted by Crippen LogP contribution is -2.38. The van der Waals surface area contributed by atoms with E-state index in [-0.39, 0.29) is 0 Å². The highest BCUT2D eigenvalue weighted by molar-refractivity contribution is 4.79. The first-order chi connectivity index (χ1) is 6.01. The van der Waals surface area contributed by atoms with Crippen molar-refractivity contribution in [1.29, 1.82) is 0 Å². The normalized spacial score (nSPS) is 30.5. The molecule has 0 aromatic rings. The van der Waals surface area contributed by atoms with Gasteiger partial charge in [-0.05, 0) is 31.7 Å². The van der Waals surface area contributed by atoms with Crippen molar-refractivity contribution in [3.63, 3.8) is 0 Å². The summed E-state index contributed by atoms with van der Waals surface area (Å²) in [6, 6.07) is 0.668. The maximum Gasteiger partial charge on any atom is 0.0595 e. The molecule has 1 aliphatic heterocycles. The highest BCUT2D eigenvalue weighted by atomic mass is 16.5. The molecular formula is C11H23NO. The lowest BCUT2D eigenvalue weighted by Gasteiger charge is -2.33. The van der Waals surface area contributed by atoms with E-state index in [1.165, 1.54) is 12.8 Å². The van der Waals surface area contributed by atoms with Crippen LogP contribution < -0.4 is 5.32 Å². The summed E-state index contributed by atoms with van der Waals surface area (Å²) >= 11 is 0. The lowest BCUT2D eigenvalue weighted by atomic mass is 9.86. The van der Waals surface area contributed by atoms with Crippen LogP contribution >= 0.6 is 0 Å². The minimum Gasteiger partial charge on any atom is -0.378 e. The van der Waals surface area contributed by atoms with Gasteiger partial charge in [0.1, 0.15) is 0 Å². The standard InChI is InChI=1S/C11H23NO/c1-11(2,3)8-10-7-9(12-4)5-6-13-10/h9-10,12H,5-8H2,1-4H3. The van der Waals surface area contributed by atoms with Crippen molar-refractivity contribution in [3.05, 3.63) is 0 Å². The zero-order valence-corrected chi connectivity index (χ0v) is 9.39. The zero-order valence-electron chi connectivity index (χ0n) is 9.39. The fraction of sp³-hybridized carbons (Fsp3) is 1.00. The molecule has 2 unspecified atom stereocenters. The van der Waals surface area contributed by atoms with Crippen molar-refractivity contribution in [1.82, 2.24) is 5.32 Å². The van der Waals surface area contributed by atoms with Gasteiger partial charge in [0.05, 0.1) is 6.10 Å². The number of hydrogen-bond donors (Lipinski definition) is 1. The Hall–Kier alpha value is -0.0800. The molecule has 13 heavy (non-hydrogen) atoms. The predicted molar refractivity (Wildman–Crippen MR) is 55.9 cm³/mol. The summed E-state index contributed by atoms with van der Waals surface area (Å²) in [5.41, 5.74) is 0.389. The predicted octanol–water partition coefficient (Wildman–Crippen LogP) is 2.19. The van der Waals surface area contributed by atoms with Crippen LogP contribution in [0.3, 0.4) is 0 Å². The summed E-state index contributed by atoms with van der Waals surface area (Å²) in [6.45, 7) is 7.75. The maximum absolute atomic E-state index is 5.75. The van der Waals surface area contributed by atoms with Crippen LogP contribution in [0.2, 0.25) is 0 Å². The number of ether oxygens (including phenoxy) is 1. The molecule has 0 aromatic carbocycles. The van der Waals surface area contributed by atoms with Crippen LogP contribution in [-0.4, -0.2) is 25.8 Å². The Kier molecular flexibility index (Phi) is 3.74. The summed E-state index contributed by atoms with van der Waals surface area (Å²) in [4.78, 5) is 0. The lowest BCUT2D eigenvalue weighted by molar-refractivity contribution is -0.0184. The van der Waals surface area contributed by atoms with Gasteiger partial charge in [0.25, 0.3) is 0 Å². The Morgan fingerprint density at radius 2 is 2.08 bits per heavy atom. The molecule has 2 atom stereocenters. The van der Waals surface area contributed by atoms with E-state index in [0.29, 0.717) is 17.6 Å². The number of rotatable bonds is 2. The third-order valence-electron chi connectivity index (χ3n) is 2.62. The van der Waals surface area contributed by atoms with Gasteiger partial charge in [0.15, 0.2) is 0 Å². The van der Waals surface area contributed by atoms with Crippen LogP contribution in [-0.2, 0) is 4.74 Å². The highest BCUT2D eigenvalue weighted by Gasteiger charge is 2.25. The van der Waals surface area contributed by atoms with Gasteiger partial charge in [0.2, 0.25) is 0 Å². The molecule has 0 bridgehead atoms. The van der Waals surface area contributed by atoms with Crippen molar-refractivity contribution in [2.45, 2.75) is 52.2 Å². The van der Waals surface area contributed by atoms with Gasteiger partial charge in [-0.25, -0.2) is 0 Å². The number of hydrogen-bond acceptors (Lipinski definition) is 2. The Bertz CT molecular complexity index is 151. The minimum atomic E-state index is 0.389. The van der Waals surface area contributed by atoms with Gasteiger partial charge >= 0.3 is 0 Å². The SMILES string of the molecule is CNC1CCOC(CC(C)(C)C)C1. The smallest absolute Gasteiger partial charge is 0.0595 e. The van der Waals surface area contributed by atoms with Gasteiger partial charge in [-0.3, -0.25) is 0 Å². The van der Waals surface area contributed by atoms with Crippen molar-refractivity contribution in [2.24, 2.45) is 5.41 Å². The van der Waals surface area contributed by atoms with E-state index in [4.69, 9.17) is 4.74 Å². The second kappa shape index (κ2) is 4.43. The molecule has 1 fully saturated rings.